The first-order chi connectivity index (χ1) is 11.4. The normalized spacial score (nSPS) is 18.0. The highest BCUT2D eigenvalue weighted by Gasteiger charge is 2.40. The van der Waals surface area contributed by atoms with Crippen LogP contribution >= 0.6 is 11.3 Å². The Hall–Kier alpha value is -1.90. The average molecular weight is 357 g/mol. The second-order valence-electron chi connectivity index (χ2n) is 6.16. The Morgan fingerprint density at radius 1 is 1.29 bits per heavy atom. The van der Waals surface area contributed by atoms with Crippen molar-refractivity contribution in [3.05, 3.63) is 22.9 Å². The third-order valence-corrected chi connectivity index (χ3v) is 5.14. The van der Waals surface area contributed by atoms with E-state index in [2.05, 4.69) is 14.7 Å². The Morgan fingerprint density at radius 3 is 2.62 bits per heavy atom. The lowest BCUT2D eigenvalue weighted by atomic mass is 10.3. The van der Waals surface area contributed by atoms with E-state index < -0.39 is 12.1 Å². The predicted octanol–water partition coefficient (Wildman–Crippen LogP) is 3.72. The van der Waals surface area contributed by atoms with E-state index in [1.807, 2.05) is 4.90 Å². The second-order valence-corrected chi connectivity index (χ2v) is 7.33. The van der Waals surface area contributed by atoms with Crippen LogP contribution in [0.3, 0.4) is 0 Å². The Bertz CT molecular complexity index is 762. The molecule has 0 unspecified atom stereocenters. The van der Waals surface area contributed by atoms with Crippen molar-refractivity contribution in [2.75, 3.05) is 0 Å². The Balaban J connectivity index is 1.49. The summed E-state index contributed by atoms with van der Waals surface area (Å²) in [5, 5.41) is 3.39. The molecule has 2 saturated carbocycles. The molecule has 9 heteroatoms. The summed E-state index contributed by atoms with van der Waals surface area (Å²) in [7, 11) is 0. The fourth-order valence-corrected chi connectivity index (χ4v) is 3.46. The number of hydrogen-bond donors (Lipinski definition) is 0. The van der Waals surface area contributed by atoms with Gasteiger partial charge >= 0.3 is 12.1 Å². The predicted molar refractivity (Wildman–Crippen MR) is 78.9 cm³/mol. The smallest absolute Gasteiger partial charge is 0.334 e. The molecule has 5 nitrogen and oxygen atoms in total. The highest BCUT2D eigenvalue weighted by Crippen LogP contribution is 2.38. The number of rotatable bonds is 5. The summed E-state index contributed by atoms with van der Waals surface area (Å²) >= 11 is 1.29. The first kappa shape index (κ1) is 15.6. The lowest BCUT2D eigenvalue weighted by molar-refractivity contribution is -0.159. The summed E-state index contributed by atoms with van der Waals surface area (Å²) in [6, 6.07) is 3.78. The maximum atomic E-state index is 12.5. The van der Waals surface area contributed by atoms with E-state index in [-0.39, 0.29) is 17.6 Å². The van der Waals surface area contributed by atoms with Crippen LogP contribution in [0.5, 0.6) is 0 Å². The lowest BCUT2D eigenvalue weighted by Crippen LogP contribution is -2.33. The third-order valence-electron chi connectivity index (χ3n) is 4.07. The Labute approximate surface area is 139 Å². The van der Waals surface area contributed by atoms with Gasteiger partial charge in [0, 0.05) is 16.8 Å². The maximum Gasteiger partial charge on any atom is 0.471 e. The third kappa shape index (κ3) is 3.17. The van der Waals surface area contributed by atoms with Gasteiger partial charge in [0.1, 0.15) is 0 Å². The molecular weight excluding hydrogens is 343 g/mol. The second kappa shape index (κ2) is 5.58. The van der Waals surface area contributed by atoms with Crippen LogP contribution in [0.4, 0.5) is 13.2 Å². The zero-order valence-electron chi connectivity index (χ0n) is 12.5. The minimum Gasteiger partial charge on any atom is -0.334 e. The molecule has 0 radical (unpaired) electrons. The fraction of sp³-hybridized carbons (Fsp3) is 0.533. The number of aromatic nitrogens is 2. The van der Waals surface area contributed by atoms with E-state index in [9.17, 15) is 18.0 Å². The molecule has 24 heavy (non-hydrogen) atoms. The Kier molecular flexibility index (Phi) is 3.63. The van der Waals surface area contributed by atoms with Gasteiger partial charge in [0.15, 0.2) is 0 Å². The minimum absolute atomic E-state index is 0.0786. The molecule has 2 aromatic rings. The van der Waals surface area contributed by atoms with Crippen LogP contribution in [0.25, 0.3) is 10.7 Å². The van der Waals surface area contributed by atoms with Crippen molar-refractivity contribution < 1.29 is 22.5 Å². The average Bonchev–Trinajstić information content (AvgIpc) is 3.44. The van der Waals surface area contributed by atoms with Gasteiger partial charge < -0.3 is 9.42 Å². The Morgan fingerprint density at radius 2 is 2.04 bits per heavy atom. The summed E-state index contributed by atoms with van der Waals surface area (Å²) in [5.74, 6) is -1.07. The van der Waals surface area contributed by atoms with Crippen molar-refractivity contribution in [1.29, 1.82) is 0 Å². The largest absolute Gasteiger partial charge is 0.471 e. The van der Waals surface area contributed by atoms with Crippen LogP contribution in [0.2, 0.25) is 0 Å². The van der Waals surface area contributed by atoms with Gasteiger partial charge in [0.05, 0.1) is 11.4 Å². The standard InChI is InChI=1S/C15H14F3N3O2S/c16-15(17,18)14-19-12(20-23-14)11-6-5-10(24-11)7-21(9-3-4-9)13(22)8-1-2-8/h5-6,8-9H,1-4,7H2. The van der Waals surface area contributed by atoms with Crippen LogP contribution in [0.1, 0.15) is 36.5 Å². The van der Waals surface area contributed by atoms with Gasteiger partial charge in [-0.15, -0.1) is 11.3 Å². The van der Waals surface area contributed by atoms with Gasteiger partial charge in [-0.05, 0) is 37.8 Å². The summed E-state index contributed by atoms with van der Waals surface area (Å²) in [6.45, 7) is 0.495. The summed E-state index contributed by atoms with van der Waals surface area (Å²) in [4.78, 5) is 19.1. The number of nitrogens with zero attached hydrogens (tertiary/aromatic N) is 3. The molecule has 0 aliphatic heterocycles. The van der Waals surface area contributed by atoms with Crippen molar-refractivity contribution in [2.45, 2.75) is 44.4 Å². The molecule has 2 aliphatic carbocycles. The first-order valence-electron chi connectivity index (χ1n) is 7.72. The molecule has 128 valence electrons. The zero-order chi connectivity index (χ0) is 16.9. The van der Waals surface area contributed by atoms with Gasteiger partial charge in [0.2, 0.25) is 11.7 Å². The van der Waals surface area contributed by atoms with Crippen LogP contribution < -0.4 is 0 Å². The molecule has 0 atom stereocenters. The first-order valence-corrected chi connectivity index (χ1v) is 8.54. The molecule has 2 heterocycles. The number of carbonyl (C=O) groups is 1. The highest BCUT2D eigenvalue weighted by molar-refractivity contribution is 7.15. The quantitative estimate of drug-likeness (QED) is 0.818. The van der Waals surface area contributed by atoms with Crippen LogP contribution in [-0.4, -0.2) is 27.0 Å². The van der Waals surface area contributed by atoms with Gasteiger partial charge in [-0.25, -0.2) is 0 Å². The van der Waals surface area contributed by atoms with Crippen molar-refractivity contribution in [3.8, 4) is 10.7 Å². The van der Waals surface area contributed by atoms with Crippen molar-refractivity contribution in [2.24, 2.45) is 5.92 Å². The zero-order valence-corrected chi connectivity index (χ0v) is 13.4. The van der Waals surface area contributed by atoms with E-state index >= 15 is 0 Å². The molecule has 0 N–H and O–H groups in total. The topological polar surface area (TPSA) is 59.2 Å². The SMILES string of the molecule is O=C(C1CC1)N(Cc1ccc(-c2noc(C(F)(F)F)n2)s1)C1CC1. The van der Waals surface area contributed by atoms with Gasteiger partial charge in [0.25, 0.3) is 0 Å². The molecule has 0 saturated heterocycles. The van der Waals surface area contributed by atoms with Crippen molar-refractivity contribution in [3.63, 3.8) is 0 Å². The van der Waals surface area contributed by atoms with Crippen LogP contribution in [0.15, 0.2) is 16.7 Å². The van der Waals surface area contributed by atoms with Crippen molar-refractivity contribution in [1.82, 2.24) is 15.0 Å². The molecule has 0 aromatic carbocycles. The van der Waals surface area contributed by atoms with Gasteiger partial charge in [-0.1, -0.05) is 5.16 Å². The number of halogens is 3. The number of hydrogen-bond acceptors (Lipinski definition) is 5. The van der Waals surface area contributed by atoms with Gasteiger partial charge in [-0.2, -0.15) is 18.2 Å². The summed E-state index contributed by atoms with van der Waals surface area (Å²) in [5.41, 5.74) is 0. The maximum absolute atomic E-state index is 12.5. The number of alkyl halides is 3. The van der Waals surface area contributed by atoms with E-state index in [1.165, 1.54) is 11.3 Å². The van der Waals surface area contributed by atoms with Crippen molar-refractivity contribution >= 4 is 17.2 Å². The number of carbonyl (C=O) groups excluding carboxylic acids is 1. The van der Waals surface area contributed by atoms with E-state index in [1.54, 1.807) is 12.1 Å². The fourth-order valence-electron chi connectivity index (χ4n) is 2.53. The van der Waals surface area contributed by atoms with E-state index in [0.29, 0.717) is 17.5 Å². The van der Waals surface area contributed by atoms with Crippen LogP contribution in [-0.2, 0) is 17.5 Å². The molecule has 0 bridgehead atoms. The van der Waals surface area contributed by atoms with E-state index in [0.717, 1.165) is 30.6 Å². The molecule has 2 aromatic heterocycles. The highest BCUT2D eigenvalue weighted by atomic mass is 32.1. The minimum atomic E-state index is -4.65. The molecular formula is C15H14F3N3O2S. The van der Waals surface area contributed by atoms with Crippen LogP contribution in [0, 0.1) is 5.92 Å². The monoisotopic (exact) mass is 357 g/mol. The number of amides is 1. The molecule has 4 rings (SSSR count). The van der Waals surface area contributed by atoms with Gasteiger partial charge in [-0.3, -0.25) is 4.79 Å². The lowest BCUT2D eigenvalue weighted by Gasteiger charge is -2.21. The summed E-state index contributed by atoms with van der Waals surface area (Å²) < 4.78 is 41.8. The molecule has 1 amide bonds. The molecule has 0 spiro atoms. The summed E-state index contributed by atoms with van der Waals surface area (Å²) in [6.07, 6.45) is -0.681. The molecule has 2 aliphatic rings. The number of thiophene rings is 1. The molecule has 2 fully saturated rings. The van der Waals surface area contributed by atoms with E-state index in [4.69, 9.17) is 0 Å².